The molecule has 0 radical (unpaired) electrons. The number of hydrogen-bond acceptors (Lipinski definition) is 4. The molecule has 0 bridgehead atoms. The molecule has 1 aliphatic rings. The van der Waals surface area contributed by atoms with Crippen LogP contribution in [0.25, 0.3) is 0 Å². The standard InChI is InChI=1S/C22H27FN2O4S/c1-16-14-19(8-9-20(16)29-22(2,3)21(26)27)30(28)25-12-10-24(11-13-25)15-17-4-6-18(23)7-5-17/h4-9,14H,10-13,15H2,1-3H3,(H,26,27). The molecule has 162 valence electrons. The van der Waals surface area contributed by atoms with Crippen molar-refractivity contribution in [3.63, 3.8) is 0 Å². The van der Waals surface area contributed by atoms with Gasteiger partial charge in [0.05, 0.1) is 4.90 Å². The van der Waals surface area contributed by atoms with Crippen LogP contribution in [0.5, 0.6) is 5.75 Å². The molecule has 6 nitrogen and oxygen atoms in total. The average molecular weight is 435 g/mol. The van der Waals surface area contributed by atoms with Gasteiger partial charge in [0, 0.05) is 32.7 Å². The fourth-order valence-electron chi connectivity index (χ4n) is 3.21. The van der Waals surface area contributed by atoms with Crippen molar-refractivity contribution >= 4 is 17.0 Å². The van der Waals surface area contributed by atoms with E-state index in [0.717, 1.165) is 30.8 Å². The number of piperazine rings is 1. The lowest BCUT2D eigenvalue weighted by Gasteiger charge is -2.33. The zero-order valence-corrected chi connectivity index (χ0v) is 18.2. The second-order valence-electron chi connectivity index (χ2n) is 7.93. The molecule has 1 heterocycles. The Hall–Kier alpha value is -2.29. The van der Waals surface area contributed by atoms with E-state index in [0.29, 0.717) is 23.7 Å². The number of nitrogens with zero attached hydrogens (tertiary/aromatic N) is 2. The van der Waals surface area contributed by atoms with Crippen LogP contribution in [0.3, 0.4) is 0 Å². The largest absolute Gasteiger partial charge is 0.478 e. The number of rotatable bonds is 7. The summed E-state index contributed by atoms with van der Waals surface area (Å²) in [5.74, 6) is -0.822. The summed E-state index contributed by atoms with van der Waals surface area (Å²) in [5, 5.41) is 9.23. The zero-order valence-electron chi connectivity index (χ0n) is 17.4. The Morgan fingerprint density at radius 2 is 1.77 bits per heavy atom. The van der Waals surface area contributed by atoms with E-state index in [9.17, 15) is 18.5 Å². The number of carbonyl (C=O) groups is 1. The first-order chi connectivity index (χ1) is 14.2. The topological polar surface area (TPSA) is 70.1 Å². The van der Waals surface area contributed by atoms with Crippen LogP contribution in [0.1, 0.15) is 25.0 Å². The van der Waals surface area contributed by atoms with Crippen molar-refractivity contribution in [2.45, 2.75) is 37.8 Å². The smallest absolute Gasteiger partial charge is 0.347 e. The lowest BCUT2D eigenvalue weighted by atomic mass is 10.1. The number of aryl methyl sites for hydroxylation is 1. The molecule has 0 spiro atoms. The minimum absolute atomic E-state index is 0.239. The Morgan fingerprint density at radius 1 is 1.13 bits per heavy atom. The second kappa shape index (κ2) is 9.24. The van der Waals surface area contributed by atoms with E-state index < -0.39 is 22.6 Å². The second-order valence-corrected chi connectivity index (χ2v) is 9.41. The van der Waals surface area contributed by atoms with E-state index in [2.05, 4.69) is 4.90 Å². The van der Waals surface area contributed by atoms with Crippen molar-refractivity contribution < 1.29 is 23.2 Å². The molecule has 1 saturated heterocycles. The number of halogens is 1. The highest BCUT2D eigenvalue weighted by atomic mass is 32.2. The third-order valence-corrected chi connectivity index (χ3v) is 6.60. The Morgan fingerprint density at radius 3 is 2.33 bits per heavy atom. The summed E-state index contributed by atoms with van der Waals surface area (Å²) in [6.45, 7) is 8.42. The van der Waals surface area contributed by atoms with Gasteiger partial charge in [-0.3, -0.25) is 4.90 Å². The zero-order chi connectivity index (χ0) is 21.9. The van der Waals surface area contributed by atoms with E-state index in [1.165, 1.54) is 26.0 Å². The SMILES string of the molecule is Cc1cc(S(=O)N2CCN(Cc3ccc(F)cc3)CC2)ccc1OC(C)(C)C(=O)O. The van der Waals surface area contributed by atoms with Gasteiger partial charge in [0.15, 0.2) is 5.60 Å². The predicted molar refractivity (Wildman–Crippen MR) is 113 cm³/mol. The highest BCUT2D eigenvalue weighted by Crippen LogP contribution is 2.26. The molecule has 0 saturated carbocycles. The molecule has 2 aromatic carbocycles. The molecule has 0 aliphatic carbocycles. The van der Waals surface area contributed by atoms with Crippen LogP contribution in [-0.2, 0) is 22.3 Å². The fraction of sp³-hybridized carbons (Fsp3) is 0.409. The summed E-state index contributed by atoms with van der Waals surface area (Å²) in [5.41, 5.74) is 0.457. The maximum Gasteiger partial charge on any atom is 0.347 e. The van der Waals surface area contributed by atoms with Gasteiger partial charge < -0.3 is 9.84 Å². The number of carboxylic acids is 1. The van der Waals surface area contributed by atoms with Crippen molar-refractivity contribution in [2.75, 3.05) is 26.2 Å². The normalized spacial score (nSPS) is 16.9. The van der Waals surface area contributed by atoms with Crippen LogP contribution in [0.2, 0.25) is 0 Å². The molecular weight excluding hydrogens is 407 g/mol. The molecule has 0 amide bonds. The molecule has 8 heteroatoms. The van der Waals surface area contributed by atoms with Gasteiger partial charge >= 0.3 is 5.97 Å². The predicted octanol–water partition coefficient (Wildman–Crippen LogP) is 3.22. The molecule has 2 aromatic rings. The Labute approximate surface area is 178 Å². The van der Waals surface area contributed by atoms with Gasteiger partial charge in [-0.2, -0.15) is 0 Å². The summed E-state index contributed by atoms with van der Waals surface area (Å²) in [6, 6.07) is 11.7. The number of carboxylic acid groups (broad SMARTS) is 1. The van der Waals surface area contributed by atoms with E-state index in [1.54, 1.807) is 30.3 Å². The lowest BCUT2D eigenvalue weighted by molar-refractivity contribution is -0.152. The number of aliphatic carboxylic acids is 1. The van der Waals surface area contributed by atoms with Crippen molar-refractivity contribution in [3.8, 4) is 5.75 Å². The van der Waals surface area contributed by atoms with Crippen LogP contribution in [0.4, 0.5) is 4.39 Å². The molecular formula is C22H27FN2O4S. The van der Waals surface area contributed by atoms with Gasteiger partial charge in [0.1, 0.15) is 22.6 Å². The van der Waals surface area contributed by atoms with E-state index in [4.69, 9.17) is 4.74 Å². The van der Waals surface area contributed by atoms with E-state index in [-0.39, 0.29) is 5.82 Å². The van der Waals surface area contributed by atoms with E-state index in [1.807, 2.05) is 11.2 Å². The average Bonchev–Trinajstić information content (AvgIpc) is 2.71. The van der Waals surface area contributed by atoms with Crippen LogP contribution in [0.15, 0.2) is 47.4 Å². The van der Waals surface area contributed by atoms with Gasteiger partial charge in [-0.15, -0.1) is 0 Å². The minimum Gasteiger partial charge on any atom is -0.478 e. The molecule has 1 unspecified atom stereocenters. The third-order valence-electron chi connectivity index (χ3n) is 5.11. The maximum absolute atomic E-state index is 13.0. The summed E-state index contributed by atoms with van der Waals surface area (Å²) < 4.78 is 33.6. The minimum atomic E-state index is -1.34. The summed E-state index contributed by atoms with van der Waals surface area (Å²) >= 11 is 0. The van der Waals surface area contributed by atoms with Gasteiger partial charge in [0.2, 0.25) is 0 Å². The van der Waals surface area contributed by atoms with Crippen molar-refractivity contribution in [1.29, 1.82) is 0 Å². The summed E-state index contributed by atoms with van der Waals surface area (Å²) in [6.07, 6.45) is 0. The highest BCUT2D eigenvalue weighted by molar-refractivity contribution is 7.82. The lowest BCUT2D eigenvalue weighted by Crippen LogP contribution is -2.46. The maximum atomic E-state index is 13.0. The van der Waals surface area contributed by atoms with Gasteiger partial charge in [0.25, 0.3) is 0 Å². The summed E-state index contributed by atoms with van der Waals surface area (Å²) in [4.78, 5) is 14.2. The molecule has 0 aromatic heterocycles. The van der Waals surface area contributed by atoms with Crippen molar-refractivity contribution in [3.05, 3.63) is 59.4 Å². The van der Waals surface area contributed by atoms with Gasteiger partial charge in [-0.25, -0.2) is 17.7 Å². The fourth-order valence-corrected chi connectivity index (χ4v) is 4.47. The first-order valence-electron chi connectivity index (χ1n) is 9.82. The summed E-state index contributed by atoms with van der Waals surface area (Å²) in [7, 11) is -1.30. The van der Waals surface area contributed by atoms with Gasteiger partial charge in [-0.05, 0) is 62.2 Å². The molecule has 1 fully saturated rings. The Bertz CT molecular complexity index is 925. The number of benzene rings is 2. The van der Waals surface area contributed by atoms with Crippen LogP contribution < -0.4 is 4.74 Å². The first-order valence-corrected chi connectivity index (χ1v) is 10.9. The van der Waals surface area contributed by atoms with Crippen LogP contribution in [-0.4, -0.2) is 56.3 Å². The Balaban J connectivity index is 1.59. The highest BCUT2D eigenvalue weighted by Gasteiger charge is 2.30. The Kier molecular flexibility index (Phi) is 6.90. The monoisotopic (exact) mass is 434 g/mol. The number of hydrogen-bond donors (Lipinski definition) is 1. The number of ether oxygens (including phenoxy) is 1. The first kappa shape index (κ1) is 22.4. The molecule has 1 aliphatic heterocycles. The van der Waals surface area contributed by atoms with Crippen molar-refractivity contribution in [2.24, 2.45) is 0 Å². The van der Waals surface area contributed by atoms with E-state index >= 15 is 0 Å². The third kappa shape index (κ3) is 5.44. The molecule has 30 heavy (non-hydrogen) atoms. The van der Waals surface area contributed by atoms with Crippen molar-refractivity contribution in [1.82, 2.24) is 9.21 Å². The molecule has 3 rings (SSSR count). The van der Waals surface area contributed by atoms with Crippen LogP contribution >= 0.6 is 0 Å². The molecule has 1 atom stereocenters. The quantitative estimate of drug-likeness (QED) is 0.725. The van der Waals surface area contributed by atoms with Crippen LogP contribution in [0, 0.1) is 12.7 Å². The van der Waals surface area contributed by atoms with Gasteiger partial charge in [-0.1, -0.05) is 12.1 Å². The molecule has 1 N–H and O–H groups in total.